The molecular formula is C23H23F2N3O3. The lowest BCUT2D eigenvalue weighted by Gasteiger charge is -2.17. The van der Waals surface area contributed by atoms with E-state index in [-0.39, 0.29) is 48.4 Å². The number of halogens is 2. The second-order valence-corrected chi connectivity index (χ2v) is 7.29. The van der Waals surface area contributed by atoms with E-state index in [9.17, 15) is 18.4 Å². The number of carbonyl (C=O) groups is 2. The highest BCUT2D eigenvalue weighted by molar-refractivity contribution is 5.95. The van der Waals surface area contributed by atoms with E-state index in [1.807, 2.05) is 32.0 Å². The van der Waals surface area contributed by atoms with Crippen LogP contribution in [0, 0.1) is 25.5 Å². The minimum Gasteiger partial charge on any atom is -0.441 e. The summed E-state index contributed by atoms with van der Waals surface area (Å²) in [4.78, 5) is 30.0. The number of rotatable bonds is 7. The van der Waals surface area contributed by atoms with Crippen molar-refractivity contribution in [3.05, 3.63) is 71.2 Å². The maximum atomic E-state index is 13.9. The fraction of sp³-hybridized carbons (Fsp3) is 0.261. The van der Waals surface area contributed by atoms with Crippen LogP contribution in [-0.2, 0) is 16.0 Å². The van der Waals surface area contributed by atoms with Gasteiger partial charge in [-0.25, -0.2) is 13.8 Å². The molecule has 0 bridgehead atoms. The Kier molecular flexibility index (Phi) is 6.79. The predicted octanol–water partition coefficient (Wildman–Crippen LogP) is 4.27. The third-order valence-electron chi connectivity index (χ3n) is 4.99. The minimum atomic E-state index is -0.756. The van der Waals surface area contributed by atoms with E-state index in [4.69, 9.17) is 4.42 Å². The molecule has 0 radical (unpaired) electrons. The summed E-state index contributed by atoms with van der Waals surface area (Å²) >= 11 is 0. The molecule has 8 heteroatoms. The molecule has 0 atom stereocenters. The van der Waals surface area contributed by atoms with Gasteiger partial charge in [0.25, 0.3) is 0 Å². The minimum absolute atomic E-state index is 0.0686. The molecule has 3 rings (SSSR count). The standard InChI is InChI=1S/C23H23F2N3O3/c1-14-5-4-6-19(15(14)2)27-21(29)13-28(3)23(30)10-9-22-26-12-20(31-22)17-8-7-16(24)11-18(17)25/h4-8,11-12H,9-10,13H2,1-3H3,(H,27,29). The Hall–Kier alpha value is -3.55. The van der Waals surface area contributed by atoms with Gasteiger partial charge in [-0.1, -0.05) is 12.1 Å². The summed E-state index contributed by atoms with van der Waals surface area (Å²) in [5.74, 6) is -1.59. The molecule has 2 amide bonds. The first kappa shape index (κ1) is 22.1. The van der Waals surface area contributed by atoms with Crippen LogP contribution in [0.2, 0.25) is 0 Å². The molecule has 1 heterocycles. The maximum absolute atomic E-state index is 13.9. The van der Waals surface area contributed by atoms with Crippen LogP contribution in [0.4, 0.5) is 14.5 Å². The number of aryl methyl sites for hydroxylation is 2. The molecule has 0 aliphatic heterocycles. The number of nitrogens with zero attached hydrogens (tertiary/aromatic N) is 2. The summed E-state index contributed by atoms with van der Waals surface area (Å²) in [5.41, 5.74) is 2.84. The van der Waals surface area contributed by atoms with Gasteiger partial charge in [0.05, 0.1) is 18.3 Å². The average Bonchev–Trinajstić information content (AvgIpc) is 3.18. The Balaban J connectivity index is 1.53. The van der Waals surface area contributed by atoms with Gasteiger partial charge in [0, 0.05) is 31.6 Å². The van der Waals surface area contributed by atoms with Crippen LogP contribution in [0.15, 0.2) is 47.0 Å². The molecule has 0 aliphatic carbocycles. The van der Waals surface area contributed by atoms with Gasteiger partial charge in [0.15, 0.2) is 11.7 Å². The number of amides is 2. The number of oxazole rings is 1. The van der Waals surface area contributed by atoms with Gasteiger partial charge in [-0.3, -0.25) is 9.59 Å². The monoisotopic (exact) mass is 427 g/mol. The van der Waals surface area contributed by atoms with Crippen LogP contribution in [0.5, 0.6) is 0 Å². The molecule has 1 N–H and O–H groups in total. The summed E-state index contributed by atoms with van der Waals surface area (Å²) in [6.45, 7) is 3.78. The SMILES string of the molecule is Cc1cccc(NC(=O)CN(C)C(=O)CCc2ncc(-c3ccc(F)cc3F)o2)c1C. The Morgan fingerprint density at radius 3 is 2.68 bits per heavy atom. The number of anilines is 1. The smallest absolute Gasteiger partial charge is 0.243 e. The highest BCUT2D eigenvalue weighted by Crippen LogP contribution is 2.24. The van der Waals surface area contributed by atoms with Crippen LogP contribution in [0.1, 0.15) is 23.4 Å². The molecule has 0 aliphatic rings. The summed E-state index contributed by atoms with van der Waals surface area (Å²) in [5, 5.41) is 2.82. The van der Waals surface area contributed by atoms with E-state index >= 15 is 0 Å². The van der Waals surface area contributed by atoms with Crippen molar-refractivity contribution in [2.45, 2.75) is 26.7 Å². The zero-order chi connectivity index (χ0) is 22.5. The van der Waals surface area contributed by atoms with Crippen molar-refractivity contribution < 1.29 is 22.8 Å². The number of hydrogen-bond acceptors (Lipinski definition) is 4. The predicted molar refractivity (Wildman–Crippen MR) is 112 cm³/mol. The van der Waals surface area contributed by atoms with E-state index in [2.05, 4.69) is 10.3 Å². The van der Waals surface area contributed by atoms with Crippen molar-refractivity contribution in [1.82, 2.24) is 9.88 Å². The number of likely N-dealkylation sites (N-methyl/N-ethyl adjacent to an activating group) is 1. The van der Waals surface area contributed by atoms with Gasteiger partial charge < -0.3 is 14.6 Å². The number of benzene rings is 2. The van der Waals surface area contributed by atoms with Gasteiger partial charge >= 0.3 is 0 Å². The Morgan fingerprint density at radius 2 is 1.94 bits per heavy atom. The Bertz CT molecular complexity index is 1110. The van der Waals surface area contributed by atoms with E-state index in [1.54, 1.807) is 7.05 Å². The number of carbonyl (C=O) groups excluding carboxylic acids is 2. The topological polar surface area (TPSA) is 75.4 Å². The lowest BCUT2D eigenvalue weighted by atomic mass is 10.1. The van der Waals surface area contributed by atoms with Crippen molar-refractivity contribution >= 4 is 17.5 Å². The van der Waals surface area contributed by atoms with E-state index in [1.165, 1.54) is 17.2 Å². The van der Waals surface area contributed by atoms with Gasteiger partial charge in [0.2, 0.25) is 11.8 Å². The molecule has 0 unspecified atom stereocenters. The molecule has 0 spiro atoms. The molecule has 2 aromatic carbocycles. The van der Waals surface area contributed by atoms with Crippen molar-refractivity contribution in [2.75, 3.05) is 18.9 Å². The third kappa shape index (κ3) is 5.53. The second-order valence-electron chi connectivity index (χ2n) is 7.29. The Labute approximate surface area is 178 Å². The normalized spacial score (nSPS) is 10.7. The number of hydrogen-bond donors (Lipinski definition) is 1. The fourth-order valence-electron chi connectivity index (χ4n) is 3.02. The summed E-state index contributed by atoms with van der Waals surface area (Å²) in [6, 6.07) is 8.78. The highest BCUT2D eigenvalue weighted by Gasteiger charge is 2.16. The van der Waals surface area contributed by atoms with Gasteiger partial charge in [-0.2, -0.15) is 0 Å². The van der Waals surface area contributed by atoms with Crippen LogP contribution in [0.25, 0.3) is 11.3 Å². The first-order valence-corrected chi connectivity index (χ1v) is 9.74. The summed E-state index contributed by atoms with van der Waals surface area (Å²) < 4.78 is 32.4. The average molecular weight is 427 g/mol. The highest BCUT2D eigenvalue weighted by atomic mass is 19.1. The van der Waals surface area contributed by atoms with Crippen molar-refractivity contribution in [1.29, 1.82) is 0 Å². The molecular weight excluding hydrogens is 404 g/mol. The first-order valence-electron chi connectivity index (χ1n) is 9.74. The molecule has 1 aromatic heterocycles. The number of aromatic nitrogens is 1. The van der Waals surface area contributed by atoms with Crippen molar-refractivity contribution in [2.24, 2.45) is 0 Å². The number of nitrogens with one attached hydrogen (secondary N) is 1. The first-order chi connectivity index (χ1) is 14.7. The zero-order valence-electron chi connectivity index (χ0n) is 17.5. The van der Waals surface area contributed by atoms with E-state index in [0.29, 0.717) is 5.69 Å². The van der Waals surface area contributed by atoms with Gasteiger partial charge in [-0.05, 0) is 43.2 Å². The molecule has 0 fully saturated rings. The quantitative estimate of drug-likeness (QED) is 0.611. The molecule has 3 aromatic rings. The van der Waals surface area contributed by atoms with Crippen molar-refractivity contribution in [3.63, 3.8) is 0 Å². The van der Waals surface area contributed by atoms with Crippen LogP contribution in [-0.4, -0.2) is 35.3 Å². The molecule has 6 nitrogen and oxygen atoms in total. The van der Waals surface area contributed by atoms with E-state index < -0.39 is 11.6 Å². The van der Waals surface area contributed by atoms with Crippen LogP contribution >= 0.6 is 0 Å². The lowest BCUT2D eigenvalue weighted by molar-refractivity contribution is -0.133. The summed E-state index contributed by atoms with van der Waals surface area (Å²) in [6.07, 6.45) is 1.58. The van der Waals surface area contributed by atoms with Crippen molar-refractivity contribution in [3.8, 4) is 11.3 Å². The molecule has 0 saturated carbocycles. The lowest BCUT2D eigenvalue weighted by Crippen LogP contribution is -2.35. The van der Waals surface area contributed by atoms with E-state index in [0.717, 1.165) is 23.3 Å². The second kappa shape index (κ2) is 9.51. The van der Waals surface area contributed by atoms with Crippen LogP contribution < -0.4 is 5.32 Å². The van der Waals surface area contributed by atoms with Gasteiger partial charge in [0.1, 0.15) is 11.6 Å². The Morgan fingerprint density at radius 1 is 1.16 bits per heavy atom. The molecule has 162 valence electrons. The summed E-state index contributed by atoms with van der Waals surface area (Å²) in [7, 11) is 1.54. The third-order valence-corrected chi connectivity index (χ3v) is 4.99. The fourth-order valence-corrected chi connectivity index (χ4v) is 3.02. The molecule has 31 heavy (non-hydrogen) atoms. The zero-order valence-corrected chi connectivity index (χ0v) is 17.5. The largest absolute Gasteiger partial charge is 0.441 e. The van der Waals surface area contributed by atoms with Gasteiger partial charge in [-0.15, -0.1) is 0 Å². The maximum Gasteiger partial charge on any atom is 0.243 e. The van der Waals surface area contributed by atoms with Crippen LogP contribution in [0.3, 0.4) is 0 Å². The molecule has 0 saturated heterocycles.